The summed E-state index contributed by atoms with van der Waals surface area (Å²) < 4.78 is 63.6. The van der Waals surface area contributed by atoms with Gasteiger partial charge in [0, 0.05) is 35.1 Å². The van der Waals surface area contributed by atoms with Gasteiger partial charge in [-0.3, -0.25) is 9.97 Å². The maximum atomic E-state index is 13.8. The lowest BCUT2D eigenvalue weighted by molar-refractivity contribution is -0.136. The number of alkyl halides is 3. The van der Waals surface area contributed by atoms with Crippen LogP contribution in [-0.4, -0.2) is 18.4 Å². The normalized spacial score (nSPS) is 11.4. The van der Waals surface area contributed by atoms with Crippen molar-refractivity contribution >= 4 is 21.6 Å². The number of benzene rings is 3. The number of pyridine rings is 2. The highest BCUT2D eigenvalue weighted by atomic mass is 32.2. The SMILES string of the molecule is O=[SH](=O)Cc1cncc(C#Cc2cccc(-c3c(Cc4ccccc4)cnc4c(C(F)(F)F)cccc34)c2)c1. The Balaban J connectivity index is 1.63. The number of fused-ring (bicyclic) bond motifs is 1. The van der Waals surface area contributed by atoms with Crippen molar-refractivity contribution < 1.29 is 21.6 Å². The van der Waals surface area contributed by atoms with Gasteiger partial charge in [-0.15, -0.1) is 0 Å². The predicted molar refractivity (Wildman–Crippen MR) is 146 cm³/mol. The number of hydrogen-bond donors (Lipinski definition) is 1. The zero-order valence-electron chi connectivity index (χ0n) is 20.4. The van der Waals surface area contributed by atoms with Crippen molar-refractivity contribution in [3.05, 3.63) is 131 Å². The summed E-state index contributed by atoms with van der Waals surface area (Å²) in [6.45, 7) is 0. The Kier molecular flexibility index (Phi) is 7.44. The molecular weight excluding hydrogens is 521 g/mol. The maximum Gasteiger partial charge on any atom is 0.418 e. The molecule has 0 unspecified atom stereocenters. The van der Waals surface area contributed by atoms with Crippen LogP contribution < -0.4 is 0 Å². The van der Waals surface area contributed by atoms with Gasteiger partial charge in [-0.2, -0.15) is 13.2 Å². The molecule has 2 aromatic heterocycles. The Bertz CT molecular complexity index is 1800. The summed E-state index contributed by atoms with van der Waals surface area (Å²) >= 11 is 0. The van der Waals surface area contributed by atoms with E-state index in [4.69, 9.17) is 0 Å². The Hall–Kier alpha value is -4.48. The highest BCUT2D eigenvalue weighted by Gasteiger charge is 2.33. The van der Waals surface area contributed by atoms with E-state index >= 15 is 0 Å². The molecule has 0 amide bonds. The van der Waals surface area contributed by atoms with Gasteiger partial charge in [0.15, 0.2) is 0 Å². The molecule has 0 atom stereocenters. The van der Waals surface area contributed by atoms with Gasteiger partial charge >= 0.3 is 6.18 Å². The second-order valence-electron chi connectivity index (χ2n) is 8.92. The van der Waals surface area contributed by atoms with Crippen molar-refractivity contribution in [3.8, 4) is 23.0 Å². The summed E-state index contributed by atoms with van der Waals surface area (Å²) in [5, 5.41) is 0.409. The van der Waals surface area contributed by atoms with Gasteiger partial charge in [0.25, 0.3) is 0 Å². The third-order valence-corrected chi connectivity index (χ3v) is 6.75. The minimum Gasteiger partial charge on any atom is -0.263 e. The molecule has 0 aliphatic carbocycles. The standard InChI is InChI=1S/C31H21F3N2O2S/c32-31(33,34)28-11-5-10-27-29(26(19-36-30(27)28)16-21-6-2-1-3-7-21)25-9-4-8-22(15-25)12-13-23-14-24(18-35-17-23)20-39(37)38/h1-11,14-15,17-19,39H,16,20H2. The molecular formula is C31H21F3N2O2S. The first-order valence-electron chi connectivity index (χ1n) is 12.0. The molecule has 0 aliphatic heterocycles. The van der Waals surface area contributed by atoms with Crippen molar-refractivity contribution in [1.82, 2.24) is 9.97 Å². The molecule has 39 heavy (non-hydrogen) atoms. The van der Waals surface area contributed by atoms with Gasteiger partial charge in [-0.1, -0.05) is 66.4 Å². The van der Waals surface area contributed by atoms with E-state index in [2.05, 4.69) is 21.8 Å². The second-order valence-corrected chi connectivity index (χ2v) is 9.91. The molecule has 0 spiro atoms. The van der Waals surface area contributed by atoms with Crippen LogP contribution in [0.2, 0.25) is 0 Å². The van der Waals surface area contributed by atoms with Crippen LogP contribution in [0.3, 0.4) is 0 Å². The van der Waals surface area contributed by atoms with Gasteiger partial charge in [-0.05, 0) is 58.5 Å². The number of aromatic nitrogens is 2. The fourth-order valence-corrected chi connectivity index (χ4v) is 4.94. The van der Waals surface area contributed by atoms with Crippen LogP contribution in [0.25, 0.3) is 22.0 Å². The molecule has 0 N–H and O–H groups in total. The third kappa shape index (κ3) is 6.16. The van der Waals surface area contributed by atoms with Crippen molar-refractivity contribution in [2.75, 3.05) is 0 Å². The molecule has 8 heteroatoms. The molecule has 2 heterocycles. The summed E-state index contributed by atoms with van der Waals surface area (Å²) in [5.41, 5.74) is 4.05. The smallest absolute Gasteiger partial charge is 0.263 e. The number of para-hydroxylation sites is 1. The van der Waals surface area contributed by atoms with E-state index in [9.17, 15) is 21.6 Å². The van der Waals surface area contributed by atoms with Crippen molar-refractivity contribution in [3.63, 3.8) is 0 Å². The monoisotopic (exact) mass is 542 g/mol. The average molecular weight is 543 g/mol. The summed E-state index contributed by atoms with van der Waals surface area (Å²) in [5.74, 6) is 5.95. The molecule has 5 aromatic rings. The maximum absolute atomic E-state index is 13.8. The van der Waals surface area contributed by atoms with Crippen LogP contribution in [0.5, 0.6) is 0 Å². The number of rotatable bonds is 5. The molecule has 3 aromatic carbocycles. The molecule has 5 rings (SSSR count). The molecule has 0 bridgehead atoms. The number of hydrogen-bond acceptors (Lipinski definition) is 4. The van der Waals surface area contributed by atoms with Crippen molar-refractivity contribution in [2.45, 2.75) is 18.3 Å². The molecule has 4 nitrogen and oxygen atoms in total. The lowest BCUT2D eigenvalue weighted by Gasteiger charge is -2.16. The van der Waals surface area contributed by atoms with E-state index in [-0.39, 0.29) is 11.3 Å². The summed E-state index contributed by atoms with van der Waals surface area (Å²) in [6.07, 6.45) is 0.502. The van der Waals surface area contributed by atoms with Gasteiger partial charge in [0.2, 0.25) is 0 Å². The van der Waals surface area contributed by atoms with Gasteiger partial charge in [-0.25, -0.2) is 8.42 Å². The minimum atomic E-state index is -4.54. The van der Waals surface area contributed by atoms with Crippen LogP contribution in [0.15, 0.2) is 97.5 Å². The molecule has 0 saturated heterocycles. The van der Waals surface area contributed by atoms with E-state index in [1.807, 2.05) is 54.6 Å². The fourth-order valence-electron chi connectivity index (χ4n) is 4.47. The molecule has 0 fully saturated rings. The van der Waals surface area contributed by atoms with E-state index < -0.39 is 22.4 Å². The predicted octanol–water partition coefficient (Wildman–Crippen LogP) is 6.42. The van der Waals surface area contributed by atoms with Gasteiger partial charge in [0.05, 0.1) is 16.8 Å². The Labute approximate surface area is 225 Å². The Morgan fingerprint density at radius 1 is 0.769 bits per heavy atom. The van der Waals surface area contributed by atoms with Crippen LogP contribution in [0.4, 0.5) is 13.2 Å². The first-order chi connectivity index (χ1) is 18.8. The zero-order valence-corrected chi connectivity index (χ0v) is 21.3. The number of nitrogens with zero attached hydrogens (tertiary/aromatic N) is 2. The lowest BCUT2D eigenvalue weighted by atomic mass is 9.91. The zero-order chi connectivity index (χ0) is 27.4. The lowest BCUT2D eigenvalue weighted by Crippen LogP contribution is -2.07. The van der Waals surface area contributed by atoms with Gasteiger partial charge in [0.1, 0.15) is 10.7 Å². The highest BCUT2D eigenvalue weighted by Crippen LogP contribution is 2.39. The van der Waals surface area contributed by atoms with Crippen LogP contribution in [0, 0.1) is 11.8 Å². The molecule has 0 saturated carbocycles. The first kappa shape index (κ1) is 26.1. The Morgan fingerprint density at radius 2 is 1.54 bits per heavy atom. The molecule has 0 radical (unpaired) electrons. The molecule has 0 aliphatic rings. The van der Waals surface area contributed by atoms with E-state index in [0.717, 1.165) is 22.8 Å². The van der Waals surface area contributed by atoms with E-state index in [1.54, 1.807) is 18.3 Å². The summed E-state index contributed by atoms with van der Waals surface area (Å²) in [6, 6.07) is 22.8. The topological polar surface area (TPSA) is 59.9 Å². The van der Waals surface area contributed by atoms with E-state index in [0.29, 0.717) is 34.1 Å². The van der Waals surface area contributed by atoms with Crippen molar-refractivity contribution in [1.29, 1.82) is 0 Å². The fraction of sp³-hybridized carbons (Fsp3) is 0.0968. The largest absolute Gasteiger partial charge is 0.418 e. The van der Waals surface area contributed by atoms with Gasteiger partial charge < -0.3 is 0 Å². The van der Waals surface area contributed by atoms with E-state index in [1.165, 1.54) is 18.5 Å². The third-order valence-electron chi connectivity index (χ3n) is 6.13. The summed E-state index contributed by atoms with van der Waals surface area (Å²) in [7, 11) is -2.58. The van der Waals surface area contributed by atoms with Crippen LogP contribution in [0.1, 0.15) is 33.4 Å². The molecule has 194 valence electrons. The minimum absolute atomic E-state index is 0.104. The average Bonchev–Trinajstić information content (AvgIpc) is 2.91. The van der Waals surface area contributed by atoms with Crippen LogP contribution in [-0.2, 0) is 29.1 Å². The number of thiol groups is 1. The first-order valence-corrected chi connectivity index (χ1v) is 13.3. The highest BCUT2D eigenvalue weighted by molar-refractivity contribution is 7.71. The Morgan fingerprint density at radius 3 is 2.31 bits per heavy atom. The van der Waals surface area contributed by atoms with Crippen molar-refractivity contribution in [2.24, 2.45) is 0 Å². The quantitative estimate of drug-likeness (QED) is 0.206. The number of halogens is 3. The second kappa shape index (κ2) is 11.1. The summed E-state index contributed by atoms with van der Waals surface area (Å²) in [4.78, 5) is 8.32. The van der Waals surface area contributed by atoms with Crippen LogP contribution >= 0.6 is 0 Å².